The van der Waals surface area contributed by atoms with Gasteiger partial charge < -0.3 is 0 Å². The van der Waals surface area contributed by atoms with Crippen LogP contribution in [0.1, 0.15) is 12.8 Å². The van der Waals surface area contributed by atoms with Gasteiger partial charge in [0.2, 0.25) is 0 Å². The third-order valence-electron chi connectivity index (χ3n) is 2.08. The average molecular weight is 136 g/mol. The molecule has 52 valence electrons. The topological polar surface area (TPSA) is 45.0 Å². The highest BCUT2D eigenvalue weighted by molar-refractivity contribution is 5.16. The Balaban J connectivity index is 2.00. The first-order valence-electron chi connectivity index (χ1n) is 3.35. The Kier molecular flexibility index (Phi) is 0.999. The maximum Gasteiger partial charge on any atom is 0.118 e. The molecule has 2 aliphatic rings. The van der Waals surface area contributed by atoms with Crippen molar-refractivity contribution in [3.05, 3.63) is 12.3 Å². The van der Waals surface area contributed by atoms with Crippen molar-refractivity contribution in [2.75, 3.05) is 0 Å². The monoisotopic (exact) mass is 136 g/mol. The van der Waals surface area contributed by atoms with E-state index in [2.05, 4.69) is 11.5 Å². The summed E-state index contributed by atoms with van der Waals surface area (Å²) < 4.78 is 0. The highest BCUT2D eigenvalue weighted by atomic mass is 16.7. The van der Waals surface area contributed by atoms with Gasteiger partial charge in [0.15, 0.2) is 0 Å². The van der Waals surface area contributed by atoms with E-state index in [1.807, 2.05) is 6.08 Å². The Morgan fingerprint density at radius 1 is 1.70 bits per heavy atom. The first-order valence-corrected chi connectivity index (χ1v) is 3.35. The maximum atomic E-state index is 8.48. The smallest absolute Gasteiger partial charge is 0.118 e. The number of rotatable bonds is 0. The number of nitrogens with zero attached hydrogens (tertiary/aromatic N) is 1. The highest BCUT2D eigenvalue weighted by Crippen LogP contribution is 2.42. The highest BCUT2D eigenvalue weighted by Gasteiger charge is 2.46. The van der Waals surface area contributed by atoms with Crippen LogP contribution in [0.3, 0.4) is 0 Å². The van der Waals surface area contributed by atoms with Crippen molar-refractivity contribution >= 4 is 0 Å². The molecule has 0 saturated heterocycles. The Morgan fingerprint density at radius 2 is 2.50 bits per heavy atom. The second kappa shape index (κ2) is 1.74. The van der Waals surface area contributed by atoms with Crippen molar-refractivity contribution in [3.8, 4) is 6.07 Å². The minimum atomic E-state index is -0.125. The van der Waals surface area contributed by atoms with Crippen LogP contribution in [0.5, 0.6) is 0 Å². The van der Waals surface area contributed by atoms with E-state index in [1.54, 1.807) is 6.20 Å². The van der Waals surface area contributed by atoms with Crippen LogP contribution < -0.4 is 5.48 Å². The second-order valence-corrected chi connectivity index (χ2v) is 2.85. The van der Waals surface area contributed by atoms with Gasteiger partial charge in [0.1, 0.15) is 5.60 Å². The molecule has 1 heterocycles. The van der Waals surface area contributed by atoms with Crippen LogP contribution in [0.15, 0.2) is 12.3 Å². The summed E-state index contributed by atoms with van der Waals surface area (Å²) in [6, 6.07) is 2.21. The number of hydrogen-bond acceptors (Lipinski definition) is 3. The van der Waals surface area contributed by atoms with Crippen molar-refractivity contribution in [2.45, 2.75) is 18.4 Å². The van der Waals surface area contributed by atoms with Gasteiger partial charge >= 0.3 is 0 Å². The minimum absolute atomic E-state index is 0.125. The molecule has 10 heavy (non-hydrogen) atoms. The quantitative estimate of drug-likeness (QED) is 0.533. The minimum Gasteiger partial charge on any atom is -0.274 e. The molecule has 0 aromatic rings. The van der Waals surface area contributed by atoms with E-state index < -0.39 is 0 Å². The molecule has 1 aliphatic heterocycles. The summed E-state index contributed by atoms with van der Waals surface area (Å²) in [7, 11) is 0. The van der Waals surface area contributed by atoms with E-state index in [-0.39, 0.29) is 11.5 Å². The molecular formula is C7H8N2O. The summed E-state index contributed by atoms with van der Waals surface area (Å²) in [5.74, 6) is 0.199. The third-order valence-corrected chi connectivity index (χ3v) is 2.08. The summed E-state index contributed by atoms with van der Waals surface area (Å²) in [5, 5.41) is 8.48. The van der Waals surface area contributed by atoms with Gasteiger partial charge in [-0.1, -0.05) is 0 Å². The van der Waals surface area contributed by atoms with Gasteiger partial charge in [-0.05, 0) is 18.9 Å². The fourth-order valence-corrected chi connectivity index (χ4v) is 1.46. The van der Waals surface area contributed by atoms with Crippen LogP contribution in [0.2, 0.25) is 0 Å². The lowest BCUT2D eigenvalue weighted by Crippen LogP contribution is -2.43. The number of hydrogen-bond donors (Lipinski definition) is 1. The van der Waals surface area contributed by atoms with Crippen LogP contribution >= 0.6 is 0 Å². The molecule has 0 bridgehead atoms. The van der Waals surface area contributed by atoms with E-state index in [1.165, 1.54) is 0 Å². The lowest BCUT2D eigenvalue weighted by molar-refractivity contribution is -0.100. The van der Waals surface area contributed by atoms with Crippen molar-refractivity contribution in [2.24, 2.45) is 5.92 Å². The number of nitrogens with one attached hydrogen (secondary N) is 1. The summed E-state index contributed by atoms with van der Waals surface area (Å²) in [6.45, 7) is 0. The van der Waals surface area contributed by atoms with E-state index in [9.17, 15) is 0 Å². The van der Waals surface area contributed by atoms with Crippen LogP contribution in [-0.2, 0) is 4.84 Å². The molecular weight excluding hydrogens is 128 g/mol. The van der Waals surface area contributed by atoms with Crippen LogP contribution in [0.25, 0.3) is 0 Å². The molecule has 0 atom stereocenters. The van der Waals surface area contributed by atoms with Crippen molar-refractivity contribution in [1.29, 1.82) is 5.26 Å². The van der Waals surface area contributed by atoms with Crippen LogP contribution in [0, 0.1) is 17.2 Å². The van der Waals surface area contributed by atoms with E-state index in [4.69, 9.17) is 10.1 Å². The van der Waals surface area contributed by atoms with Gasteiger partial charge in [-0.25, -0.2) is 0 Å². The molecule has 1 aliphatic carbocycles. The van der Waals surface area contributed by atoms with Crippen molar-refractivity contribution in [1.82, 2.24) is 5.48 Å². The predicted molar refractivity (Wildman–Crippen MR) is 34.4 cm³/mol. The van der Waals surface area contributed by atoms with Gasteiger partial charge in [-0.15, -0.1) is 0 Å². The fourth-order valence-electron chi connectivity index (χ4n) is 1.46. The standard InChI is InChI=1S/C7H8N2O/c8-5-6-3-7(4-6)1-2-9-10-7/h1-2,6,9H,3-4H2. The Labute approximate surface area is 59.2 Å². The van der Waals surface area contributed by atoms with Crippen molar-refractivity contribution < 1.29 is 4.84 Å². The van der Waals surface area contributed by atoms with Gasteiger partial charge in [-0.3, -0.25) is 10.3 Å². The molecule has 0 unspecified atom stereocenters. The molecule has 0 aromatic heterocycles. The lowest BCUT2D eigenvalue weighted by atomic mass is 9.72. The summed E-state index contributed by atoms with van der Waals surface area (Å²) in [6.07, 6.45) is 5.45. The molecule has 1 fully saturated rings. The molecule has 1 N–H and O–H groups in total. The van der Waals surface area contributed by atoms with Gasteiger partial charge in [0.05, 0.1) is 12.0 Å². The summed E-state index contributed by atoms with van der Waals surface area (Å²) in [5.41, 5.74) is 2.55. The zero-order valence-corrected chi connectivity index (χ0v) is 5.50. The largest absolute Gasteiger partial charge is 0.274 e. The molecule has 1 saturated carbocycles. The van der Waals surface area contributed by atoms with Gasteiger partial charge in [0, 0.05) is 6.20 Å². The Hall–Kier alpha value is -1.01. The molecule has 0 aromatic carbocycles. The van der Waals surface area contributed by atoms with Gasteiger partial charge in [-0.2, -0.15) is 5.26 Å². The number of nitriles is 1. The zero-order chi connectivity index (χ0) is 7.03. The van der Waals surface area contributed by atoms with Crippen LogP contribution in [-0.4, -0.2) is 5.60 Å². The van der Waals surface area contributed by atoms with E-state index in [0.717, 1.165) is 12.8 Å². The fraction of sp³-hybridized carbons (Fsp3) is 0.571. The molecule has 0 amide bonds. The zero-order valence-electron chi connectivity index (χ0n) is 5.50. The number of hydroxylamine groups is 1. The molecule has 0 radical (unpaired) electrons. The SMILES string of the molecule is N#CC1CC2(C=CNO2)C1. The van der Waals surface area contributed by atoms with E-state index in [0.29, 0.717) is 0 Å². The average Bonchev–Trinajstić information content (AvgIpc) is 2.30. The first-order chi connectivity index (χ1) is 4.85. The third kappa shape index (κ3) is 0.628. The lowest BCUT2D eigenvalue weighted by Gasteiger charge is -2.38. The molecule has 1 spiro atoms. The Morgan fingerprint density at radius 3 is 3.00 bits per heavy atom. The maximum absolute atomic E-state index is 8.48. The Bertz CT molecular complexity index is 210. The van der Waals surface area contributed by atoms with E-state index >= 15 is 0 Å². The predicted octanol–water partition coefficient (Wildman–Crippen LogP) is 0.707. The second-order valence-electron chi connectivity index (χ2n) is 2.85. The molecule has 3 nitrogen and oxygen atoms in total. The summed E-state index contributed by atoms with van der Waals surface area (Å²) >= 11 is 0. The van der Waals surface area contributed by atoms with Gasteiger partial charge in [0.25, 0.3) is 0 Å². The first kappa shape index (κ1) is 5.75. The van der Waals surface area contributed by atoms with Crippen LogP contribution in [0.4, 0.5) is 0 Å². The molecule has 3 heteroatoms. The van der Waals surface area contributed by atoms with Crippen molar-refractivity contribution in [3.63, 3.8) is 0 Å². The summed E-state index contributed by atoms with van der Waals surface area (Å²) in [4.78, 5) is 5.20. The molecule has 2 rings (SSSR count). The normalized spacial score (nSPS) is 42.5.